The molecule has 1 amide bonds. The van der Waals surface area contributed by atoms with E-state index < -0.39 is 0 Å². The number of thiophene rings is 1. The minimum Gasteiger partial charge on any atom is -0.493 e. The third-order valence-corrected chi connectivity index (χ3v) is 4.71. The maximum Gasteiger partial charge on any atom is 0.265 e. The highest BCUT2D eigenvalue weighted by molar-refractivity contribution is 7.12. The van der Waals surface area contributed by atoms with Crippen molar-refractivity contribution < 1.29 is 19.0 Å². The number of carbonyl (C=O) groups is 1. The monoisotopic (exact) mass is 384 g/mol. The van der Waals surface area contributed by atoms with Gasteiger partial charge in [0.15, 0.2) is 11.5 Å². The van der Waals surface area contributed by atoms with Gasteiger partial charge in [0.25, 0.3) is 5.91 Å². The normalized spacial score (nSPS) is 10.2. The van der Waals surface area contributed by atoms with Gasteiger partial charge in [-0.05, 0) is 35.7 Å². The summed E-state index contributed by atoms with van der Waals surface area (Å²) in [5.41, 5.74) is 2.38. The molecular weight excluding hydrogens is 364 g/mol. The Labute approximate surface area is 161 Å². The van der Waals surface area contributed by atoms with Crippen LogP contribution in [-0.2, 0) is 0 Å². The average Bonchev–Trinajstić information content (AvgIpc) is 3.23. The molecule has 1 heterocycles. The van der Waals surface area contributed by atoms with Crippen LogP contribution in [0.2, 0.25) is 0 Å². The zero-order chi connectivity index (χ0) is 19.2. The van der Waals surface area contributed by atoms with Crippen molar-refractivity contribution in [3.63, 3.8) is 0 Å². The Morgan fingerprint density at radius 2 is 1.48 bits per heavy atom. The zero-order valence-electron chi connectivity index (χ0n) is 15.2. The number of carbonyl (C=O) groups excluding carboxylic acids is 1. The first-order chi connectivity index (χ1) is 13.1. The number of nitrogens with one attached hydrogen (secondary N) is 2. The van der Waals surface area contributed by atoms with E-state index in [9.17, 15) is 4.79 Å². The van der Waals surface area contributed by atoms with Gasteiger partial charge in [0.05, 0.1) is 26.2 Å². The number of hydrogen-bond acceptors (Lipinski definition) is 6. The fourth-order valence-corrected chi connectivity index (χ4v) is 3.18. The smallest absolute Gasteiger partial charge is 0.265 e. The molecule has 3 aromatic rings. The second kappa shape index (κ2) is 8.46. The Balaban J connectivity index is 1.74. The second-order valence-electron chi connectivity index (χ2n) is 5.55. The van der Waals surface area contributed by atoms with Crippen molar-refractivity contribution in [2.75, 3.05) is 32.0 Å². The van der Waals surface area contributed by atoms with Crippen LogP contribution in [-0.4, -0.2) is 27.2 Å². The lowest BCUT2D eigenvalue weighted by Gasteiger charge is -2.15. The molecule has 27 heavy (non-hydrogen) atoms. The van der Waals surface area contributed by atoms with Crippen molar-refractivity contribution in [3.8, 4) is 17.2 Å². The van der Waals surface area contributed by atoms with Gasteiger partial charge in [-0.3, -0.25) is 4.79 Å². The van der Waals surface area contributed by atoms with Crippen LogP contribution in [0.3, 0.4) is 0 Å². The standard InChI is InChI=1S/C20H20N2O4S/c1-24-16-11-15(12-17(25-2)19(16)26-3)21-13-6-8-14(9-7-13)22-20(23)18-5-4-10-27-18/h4-12,21H,1-3H3,(H,22,23). The first kappa shape index (κ1) is 18.6. The van der Waals surface area contributed by atoms with E-state index in [1.807, 2.05) is 47.8 Å². The second-order valence-corrected chi connectivity index (χ2v) is 6.50. The van der Waals surface area contributed by atoms with Crippen LogP contribution < -0.4 is 24.8 Å². The minimum atomic E-state index is -0.115. The number of ether oxygens (including phenoxy) is 3. The molecule has 0 saturated carbocycles. The zero-order valence-corrected chi connectivity index (χ0v) is 16.1. The predicted octanol–water partition coefficient (Wildman–Crippen LogP) is 4.77. The number of hydrogen-bond donors (Lipinski definition) is 2. The van der Waals surface area contributed by atoms with Crippen molar-refractivity contribution in [2.24, 2.45) is 0 Å². The maximum absolute atomic E-state index is 12.1. The lowest BCUT2D eigenvalue weighted by Crippen LogP contribution is -2.09. The Bertz CT molecular complexity index is 883. The van der Waals surface area contributed by atoms with Gasteiger partial charge in [0, 0.05) is 29.2 Å². The average molecular weight is 384 g/mol. The third kappa shape index (κ3) is 4.32. The van der Waals surface area contributed by atoms with Gasteiger partial charge in [-0.1, -0.05) is 6.07 Å². The minimum absolute atomic E-state index is 0.115. The molecule has 1 aromatic heterocycles. The Hall–Kier alpha value is -3.19. The van der Waals surface area contributed by atoms with Crippen LogP contribution in [0.5, 0.6) is 17.2 Å². The first-order valence-electron chi connectivity index (χ1n) is 8.16. The Morgan fingerprint density at radius 3 is 2.00 bits per heavy atom. The van der Waals surface area contributed by atoms with E-state index in [1.54, 1.807) is 27.4 Å². The van der Waals surface area contributed by atoms with E-state index in [0.29, 0.717) is 22.1 Å². The van der Waals surface area contributed by atoms with Gasteiger partial charge < -0.3 is 24.8 Å². The molecule has 0 spiro atoms. The van der Waals surface area contributed by atoms with Gasteiger partial charge in [-0.15, -0.1) is 11.3 Å². The number of rotatable bonds is 7. The highest BCUT2D eigenvalue weighted by Crippen LogP contribution is 2.40. The molecule has 0 aliphatic carbocycles. The molecule has 0 fully saturated rings. The predicted molar refractivity (Wildman–Crippen MR) is 108 cm³/mol. The van der Waals surface area contributed by atoms with Gasteiger partial charge >= 0.3 is 0 Å². The molecule has 0 saturated heterocycles. The van der Waals surface area contributed by atoms with Crippen LogP contribution in [0.4, 0.5) is 17.1 Å². The van der Waals surface area contributed by atoms with E-state index in [-0.39, 0.29) is 5.91 Å². The Kier molecular flexibility index (Phi) is 5.83. The topological polar surface area (TPSA) is 68.8 Å². The van der Waals surface area contributed by atoms with E-state index in [4.69, 9.17) is 14.2 Å². The molecule has 0 bridgehead atoms. The van der Waals surface area contributed by atoms with Crippen LogP contribution >= 0.6 is 11.3 Å². The highest BCUT2D eigenvalue weighted by Gasteiger charge is 2.13. The van der Waals surface area contributed by atoms with Crippen LogP contribution in [0, 0.1) is 0 Å². The van der Waals surface area contributed by atoms with E-state index in [1.165, 1.54) is 11.3 Å². The maximum atomic E-state index is 12.1. The number of benzene rings is 2. The summed E-state index contributed by atoms with van der Waals surface area (Å²) < 4.78 is 16.1. The molecule has 2 N–H and O–H groups in total. The molecule has 0 radical (unpaired) electrons. The molecular formula is C20H20N2O4S. The van der Waals surface area contributed by atoms with Crippen LogP contribution in [0.15, 0.2) is 53.9 Å². The number of anilines is 3. The molecule has 0 aliphatic heterocycles. The summed E-state index contributed by atoms with van der Waals surface area (Å²) >= 11 is 1.41. The number of amides is 1. The fourth-order valence-electron chi connectivity index (χ4n) is 2.56. The largest absolute Gasteiger partial charge is 0.493 e. The molecule has 140 valence electrons. The van der Waals surface area contributed by atoms with E-state index in [0.717, 1.165) is 17.1 Å². The van der Waals surface area contributed by atoms with Crippen molar-refractivity contribution >= 4 is 34.3 Å². The summed E-state index contributed by atoms with van der Waals surface area (Å²) in [6.45, 7) is 0. The summed E-state index contributed by atoms with van der Waals surface area (Å²) in [4.78, 5) is 12.8. The molecule has 7 heteroatoms. The van der Waals surface area contributed by atoms with Gasteiger partial charge in [0.2, 0.25) is 5.75 Å². The quantitative estimate of drug-likeness (QED) is 0.614. The summed E-state index contributed by atoms with van der Waals surface area (Å²) in [6, 6.07) is 14.7. The van der Waals surface area contributed by atoms with Crippen molar-refractivity contribution in [3.05, 3.63) is 58.8 Å². The highest BCUT2D eigenvalue weighted by atomic mass is 32.1. The van der Waals surface area contributed by atoms with Crippen LogP contribution in [0.25, 0.3) is 0 Å². The fraction of sp³-hybridized carbons (Fsp3) is 0.150. The molecule has 3 rings (SSSR count). The van der Waals surface area contributed by atoms with Crippen LogP contribution in [0.1, 0.15) is 9.67 Å². The van der Waals surface area contributed by atoms with Gasteiger partial charge in [-0.25, -0.2) is 0 Å². The van der Waals surface area contributed by atoms with E-state index >= 15 is 0 Å². The van der Waals surface area contributed by atoms with Gasteiger partial charge in [0.1, 0.15) is 0 Å². The molecule has 0 atom stereocenters. The van der Waals surface area contributed by atoms with E-state index in [2.05, 4.69) is 10.6 Å². The van der Waals surface area contributed by atoms with Crippen molar-refractivity contribution in [1.82, 2.24) is 0 Å². The number of methoxy groups -OCH3 is 3. The van der Waals surface area contributed by atoms with Gasteiger partial charge in [-0.2, -0.15) is 0 Å². The van der Waals surface area contributed by atoms with Crippen molar-refractivity contribution in [2.45, 2.75) is 0 Å². The summed E-state index contributed by atoms with van der Waals surface area (Å²) in [5, 5.41) is 8.04. The SMILES string of the molecule is COc1cc(Nc2ccc(NC(=O)c3cccs3)cc2)cc(OC)c1OC. The lowest BCUT2D eigenvalue weighted by atomic mass is 10.2. The molecule has 0 unspecified atom stereocenters. The summed E-state index contributed by atoms with van der Waals surface area (Å²) in [7, 11) is 4.72. The third-order valence-electron chi connectivity index (χ3n) is 3.84. The molecule has 2 aromatic carbocycles. The summed E-state index contributed by atoms with van der Waals surface area (Å²) in [6.07, 6.45) is 0. The Morgan fingerprint density at radius 1 is 0.852 bits per heavy atom. The lowest BCUT2D eigenvalue weighted by molar-refractivity contribution is 0.103. The molecule has 6 nitrogen and oxygen atoms in total. The summed E-state index contributed by atoms with van der Waals surface area (Å²) in [5.74, 6) is 1.56. The van der Waals surface area contributed by atoms with Crippen molar-refractivity contribution in [1.29, 1.82) is 0 Å². The first-order valence-corrected chi connectivity index (χ1v) is 9.04. The molecule has 0 aliphatic rings.